The molecule has 0 saturated carbocycles. The fraction of sp³-hybridized carbons (Fsp3) is 0.300. The van der Waals surface area contributed by atoms with Crippen LogP contribution in [0.2, 0.25) is 0 Å². The molecular formula is C20H23NO4. The van der Waals surface area contributed by atoms with Crippen LogP contribution in [-0.2, 0) is 9.47 Å². The van der Waals surface area contributed by atoms with Crippen molar-refractivity contribution in [1.82, 2.24) is 0 Å². The molecule has 0 radical (unpaired) electrons. The van der Waals surface area contributed by atoms with Gasteiger partial charge in [0.05, 0.1) is 31.0 Å². The molecule has 0 atom stereocenters. The molecule has 25 heavy (non-hydrogen) atoms. The van der Waals surface area contributed by atoms with Gasteiger partial charge in [-0.05, 0) is 36.1 Å². The number of nitrogens with one attached hydrogen (secondary N) is 1. The number of esters is 2. The van der Waals surface area contributed by atoms with Crippen molar-refractivity contribution < 1.29 is 19.1 Å². The van der Waals surface area contributed by atoms with Gasteiger partial charge in [0.1, 0.15) is 0 Å². The lowest BCUT2D eigenvalue weighted by Gasteiger charge is -2.19. The maximum absolute atomic E-state index is 12.5. The standard InChI is InChI=1S/C20H23NO4/c1-5-11-21-18-13(2)12-15(14-9-7-6-8-10-14)16(19(22)24-3)17(18)20(23)25-4/h6-10,12,21H,5,11H2,1-4H3. The van der Waals surface area contributed by atoms with Gasteiger partial charge in [-0.3, -0.25) is 0 Å². The molecule has 5 nitrogen and oxygen atoms in total. The first-order valence-corrected chi connectivity index (χ1v) is 8.18. The maximum atomic E-state index is 12.5. The van der Waals surface area contributed by atoms with E-state index in [0.29, 0.717) is 17.8 Å². The van der Waals surface area contributed by atoms with Gasteiger partial charge in [0.15, 0.2) is 0 Å². The molecule has 0 amide bonds. The molecule has 0 bridgehead atoms. The van der Waals surface area contributed by atoms with Crippen molar-refractivity contribution in [3.05, 3.63) is 53.1 Å². The second kappa shape index (κ2) is 8.33. The Hall–Kier alpha value is -2.82. The smallest absolute Gasteiger partial charge is 0.340 e. The Bertz CT molecular complexity index is 769. The molecule has 0 spiro atoms. The zero-order chi connectivity index (χ0) is 18.4. The van der Waals surface area contributed by atoms with Crippen molar-refractivity contribution in [2.24, 2.45) is 0 Å². The Morgan fingerprint density at radius 2 is 1.60 bits per heavy atom. The van der Waals surface area contributed by atoms with Crippen molar-refractivity contribution >= 4 is 17.6 Å². The highest BCUT2D eigenvalue weighted by Crippen LogP contribution is 2.35. The van der Waals surface area contributed by atoms with Crippen LogP contribution in [0.25, 0.3) is 11.1 Å². The summed E-state index contributed by atoms with van der Waals surface area (Å²) in [7, 11) is 2.61. The van der Waals surface area contributed by atoms with E-state index < -0.39 is 11.9 Å². The highest BCUT2D eigenvalue weighted by molar-refractivity contribution is 6.11. The minimum atomic E-state index is -0.571. The number of benzene rings is 2. The van der Waals surface area contributed by atoms with Crippen molar-refractivity contribution in [2.45, 2.75) is 20.3 Å². The van der Waals surface area contributed by atoms with E-state index in [1.54, 1.807) is 0 Å². The van der Waals surface area contributed by atoms with E-state index in [-0.39, 0.29) is 11.1 Å². The molecule has 0 aliphatic heterocycles. The molecule has 0 unspecified atom stereocenters. The van der Waals surface area contributed by atoms with Crippen LogP contribution in [0.15, 0.2) is 36.4 Å². The minimum Gasteiger partial charge on any atom is -0.465 e. The lowest BCUT2D eigenvalue weighted by atomic mass is 9.91. The lowest BCUT2D eigenvalue weighted by Crippen LogP contribution is -2.18. The summed E-state index contributed by atoms with van der Waals surface area (Å²) in [5.74, 6) is -1.14. The van der Waals surface area contributed by atoms with Crippen LogP contribution in [0, 0.1) is 6.92 Å². The van der Waals surface area contributed by atoms with Gasteiger partial charge >= 0.3 is 11.9 Å². The third-order valence-electron chi connectivity index (χ3n) is 3.94. The van der Waals surface area contributed by atoms with E-state index in [4.69, 9.17) is 9.47 Å². The first kappa shape index (κ1) is 18.5. The topological polar surface area (TPSA) is 64.6 Å². The van der Waals surface area contributed by atoms with Crippen LogP contribution in [0.5, 0.6) is 0 Å². The Labute approximate surface area is 148 Å². The summed E-state index contributed by atoms with van der Waals surface area (Å²) in [5, 5.41) is 3.24. The molecule has 2 aromatic carbocycles. The average molecular weight is 341 g/mol. The van der Waals surface area contributed by atoms with E-state index in [1.165, 1.54) is 14.2 Å². The molecule has 0 saturated heterocycles. The van der Waals surface area contributed by atoms with Crippen LogP contribution in [0.4, 0.5) is 5.69 Å². The summed E-state index contributed by atoms with van der Waals surface area (Å²) >= 11 is 0. The molecule has 2 rings (SSSR count). The van der Waals surface area contributed by atoms with Crippen molar-refractivity contribution in [2.75, 3.05) is 26.1 Å². The maximum Gasteiger partial charge on any atom is 0.340 e. The molecule has 5 heteroatoms. The molecule has 0 aliphatic rings. The molecular weight excluding hydrogens is 318 g/mol. The van der Waals surface area contributed by atoms with Gasteiger partial charge in [-0.2, -0.15) is 0 Å². The summed E-state index contributed by atoms with van der Waals surface area (Å²) in [4.78, 5) is 25.0. The van der Waals surface area contributed by atoms with Crippen LogP contribution in [0.3, 0.4) is 0 Å². The number of carbonyl (C=O) groups is 2. The van der Waals surface area contributed by atoms with Gasteiger partial charge in [-0.25, -0.2) is 9.59 Å². The van der Waals surface area contributed by atoms with E-state index in [2.05, 4.69) is 5.32 Å². The van der Waals surface area contributed by atoms with Gasteiger partial charge in [0, 0.05) is 6.54 Å². The van der Waals surface area contributed by atoms with Gasteiger partial charge < -0.3 is 14.8 Å². The first-order chi connectivity index (χ1) is 12.0. The zero-order valence-electron chi connectivity index (χ0n) is 15.0. The molecule has 0 fully saturated rings. The normalized spacial score (nSPS) is 10.2. The van der Waals surface area contributed by atoms with E-state index in [9.17, 15) is 9.59 Å². The lowest BCUT2D eigenvalue weighted by molar-refractivity contribution is 0.0556. The average Bonchev–Trinajstić information content (AvgIpc) is 2.65. The van der Waals surface area contributed by atoms with Gasteiger partial charge in [-0.15, -0.1) is 0 Å². The van der Waals surface area contributed by atoms with Crippen LogP contribution < -0.4 is 5.32 Å². The van der Waals surface area contributed by atoms with E-state index >= 15 is 0 Å². The number of hydrogen-bond donors (Lipinski definition) is 1. The quantitative estimate of drug-likeness (QED) is 0.803. The Morgan fingerprint density at radius 1 is 1.00 bits per heavy atom. The molecule has 0 aliphatic carbocycles. The molecule has 0 aromatic heterocycles. The second-order valence-corrected chi connectivity index (χ2v) is 5.64. The second-order valence-electron chi connectivity index (χ2n) is 5.64. The zero-order valence-corrected chi connectivity index (χ0v) is 15.0. The first-order valence-electron chi connectivity index (χ1n) is 8.18. The van der Waals surface area contributed by atoms with Crippen LogP contribution in [-0.4, -0.2) is 32.7 Å². The van der Waals surface area contributed by atoms with Crippen molar-refractivity contribution in [1.29, 1.82) is 0 Å². The third kappa shape index (κ3) is 3.82. The van der Waals surface area contributed by atoms with Crippen molar-refractivity contribution in [3.8, 4) is 11.1 Å². The highest BCUT2D eigenvalue weighted by atomic mass is 16.5. The fourth-order valence-corrected chi connectivity index (χ4v) is 2.76. The number of anilines is 1. The third-order valence-corrected chi connectivity index (χ3v) is 3.94. The van der Waals surface area contributed by atoms with Gasteiger partial charge in [-0.1, -0.05) is 37.3 Å². The van der Waals surface area contributed by atoms with Gasteiger partial charge in [0.25, 0.3) is 0 Å². The minimum absolute atomic E-state index is 0.210. The fourth-order valence-electron chi connectivity index (χ4n) is 2.76. The Balaban J connectivity index is 2.83. The Kier molecular flexibility index (Phi) is 6.17. The molecule has 132 valence electrons. The number of rotatable bonds is 6. The van der Waals surface area contributed by atoms with E-state index in [0.717, 1.165) is 17.5 Å². The summed E-state index contributed by atoms with van der Waals surface area (Å²) in [6.45, 7) is 4.60. The highest BCUT2D eigenvalue weighted by Gasteiger charge is 2.28. The monoisotopic (exact) mass is 341 g/mol. The van der Waals surface area contributed by atoms with Crippen molar-refractivity contribution in [3.63, 3.8) is 0 Å². The summed E-state index contributed by atoms with van der Waals surface area (Å²) < 4.78 is 9.91. The molecule has 1 N–H and O–H groups in total. The number of carbonyl (C=O) groups excluding carboxylic acids is 2. The molecule has 2 aromatic rings. The van der Waals surface area contributed by atoms with Gasteiger partial charge in [0.2, 0.25) is 0 Å². The summed E-state index contributed by atoms with van der Waals surface area (Å²) in [6.07, 6.45) is 0.883. The SMILES string of the molecule is CCCNc1c(C)cc(-c2ccccc2)c(C(=O)OC)c1C(=O)OC. The number of ether oxygens (including phenoxy) is 2. The number of methoxy groups -OCH3 is 2. The summed E-state index contributed by atoms with van der Waals surface area (Å²) in [5.41, 5.74) is 3.37. The molecule has 0 heterocycles. The predicted octanol–water partition coefficient (Wildman–Crippen LogP) is 4.06. The largest absolute Gasteiger partial charge is 0.465 e. The number of hydrogen-bond acceptors (Lipinski definition) is 5. The number of aryl methyl sites for hydroxylation is 1. The van der Waals surface area contributed by atoms with Crippen LogP contribution >= 0.6 is 0 Å². The predicted molar refractivity (Wildman–Crippen MR) is 98.1 cm³/mol. The van der Waals surface area contributed by atoms with Crippen LogP contribution in [0.1, 0.15) is 39.6 Å². The van der Waals surface area contributed by atoms with E-state index in [1.807, 2.05) is 50.2 Å². The summed E-state index contributed by atoms with van der Waals surface area (Å²) in [6, 6.07) is 11.3. The Morgan fingerprint density at radius 3 is 2.16 bits per heavy atom.